The smallest absolute Gasteiger partial charge is 0.323 e. The lowest BCUT2D eigenvalue weighted by molar-refractivity contribution is -0.202. The van der Waals surface area contributed by atoms with Gasteiger partial charge in [0.15, 0.2) is 35.0 Å². The van der Waals surface area contributed by atoms with Crippen LogP contribution >= 0.6 is 6.64 Å². The van der Waals surface area contributed by atoms with E-state index in [0.29, 0.717) is 5.82 Å². The highest BCUT2D eigenvalue weighted by Gasteiger charge is 2.65. The minimum atomic E-state index is -3.71. The van der Waals surface area contributed by atoms with Crippen molar-refractivity contribution < 1.29 is 37.2 Å². The molecule has 0 saturated carbocycles. The van der Waals surface area contributed by atoms with Crippen molar-refractivity contribution in [1.29, 1.82) is 0 Å². The van der Waals surface area contributed by atoms with Crippen molar-refractivity contribution in [2.75, 3.05) is 37.9 Å². The van der Waals surface area contributed by atoms with Gasteiger partial charge in [-0.3, -0.25) is 9.36 Å². The van der Waals surface area contributed by atoms with Gasteiger partial charge in [0.2, 0.25) is 5.95 Å². The van der Waals surface area contributed by atoms with Gasteiger partial charge in [0, 0.05) is 14.1 Å². The van der Waals surface area contributed by atoms with Gasteiger partial charge in [0.1, 0.15) is 18.4 Å². The molecule has 1 aliphatic rings. The van der Waals surface area contributed by atoms with Gasteiger partial charge in [-0.05, 0) is 44.7 Å². The number of hydrogen-bond donors (Lipinski definition) is 3. The fourth-order valence-electron chi connectivity index (χ4n) is 4.21. The number of anilines is 2. The van der Waals surface area contributed by atoms with Gasteiger partial charge in [0.05, 0.1) is 12.9 Å². The first-order chi connectivity index (χ1) is 19.2. The first kappa shape index (κ1) is 30.9. The summed E-state index contributed by atoms with van der Waals surface area (Å²) in [7, 11) is 3.41. The maximum Gasteiger partial charge on any atom is 0.323 e. The molecule has 0 bridgehead atoms. The number of para-hydroxylation sites is 1. The third kappa shape index (κ3) is 6.27. The number of ether oxygens (including phenoxy) is 2. The number of nitrogens with zero attached hydrogens (tertiary/aromatic N) is 5. The lowest BCUT2D eigenvalue weighted by atomic mass is 9.97. The molecule has 0 amide bonds. The Morgan fingerprint density at radius 2 is 2.02 bits per heavy atom. The Labute approximate surface area is 240 Å². The molecule has 41 heavy (non-hydrogen) atoms. The number of alkyl halides is 2. The minimum Gasteiger partial charge on any atom is -0.465 e. The molecule has 3 aromatic rings. The van der Waals surface area contributed by atoms with Crippen LogP contribution < -0.4 is 20.2 Å². The van der Waals surface area contributed by atoms with Gasteiger partial charge in [-0.25, -0.2) is 18.9 Å². The first-order valence-electron chi connectivity index (χ1n) is 12.6. The Bertz CT molecular complexity index is 1450. The predicted octanol–water partition coefficient (Wildman–Crippen LogP) is 2.62. The van der Waals surface area contributed by atoms with Crippen molar-refractivity contribution in [1.82, 2.24) is 24.6 Å². The van der Waals surface area contributed by atoms with Crippen molar-refractivity contribution in [2.45, 2.75) is 50.7 Å². The fraction of sp³-hybridized carbons (Fsp3) is 0.500. The Morgan fingerprint density at radius 3 is 2.66 bits per heavy atom. The zero-order chi connectivity index (χ0) is 30.2. The second kappa shape index (κ2) is 11.7. The largest absolute Gasteiger partial charge is 0.465 e. The van der Waals surface area contributed by atoms with Crippen LogP contribution in [-0.2, 0) is 30.6 Å². The molecule has 1 aliphatic heterocycles. The van der Waals surface area contributed by atoms with Crippen molar-refractivity contribution >= 4 is 47.3 Å². The predicted molar refractivity (Wildman–Crippen MR) is 150 cm³/mol. The Balaban J connectivity index is 1.63. The summed E-state index contributed by atoms with van der Waals surface area (Å²) in [5.41, 5.74) is 3.47. The number of rotatable bonds is 11. The summed E-state index contributed by atoms with van der Waals surface area (Å²) in [5, 5.41) is 13.6. The van der Waals surface area contributed by atoms with Crippen molar-refractivity contribution in [3.05, 3.63) is 36.7 Å². The molecule has 224 valence electrons. The van der Waals surface area contributed by atoms with Crippen LogP contribution in [0.1, 0.15) is 27.0 Å². The monoisotopic (exact) mass is 615 g/mol. The average molecular weight is 616 g/mol. The average Bonchev–Trinajstić information content (AvgIpc) is 3.40. The third-order valence-electron chi connectivity index (χ3n) is 6.22. The third-order valence-corrected chi connectivity index (χ3v) is 8.70. The molecule has 2 aromatic heterocycles. The molecular formula is C24H32F2N7O6PS. The van der Waals surface area contributed by atoms with E-state index in [-0.39, 0.29) is 29.5 Å². The second-order valence-electron chi connectivity index (χ2n) is 9.71. The van der Waals surface area contributed by atoms with Crippen LogP contribution in [0.2, 0.25) is 0 Å². The lowest BCUT2D eigenvalue weighted by Gasteiger charge is -2.30. The number of hydrogen-bond acceptors (Lipinski definition) is 12. The number of aliphatic hydroxyl groups is 1. The molecule has 4 rings (SSSR count). The highest BCUT2D eigenvalue weighted by atomic mass is 32.5. The van der Waals surface area contributed by atoms with Gasteiger partial charge in [0.25, 0.3) is 5.85 Å². The van der Waals surface area contributed by atoms with E-state index < -0.39 is 49.1 Å². The number of fused-ring (bicyclic) bond motifs is 1. The number of nitrogens with two attached hydrogens (primary N) is 1. The van der Waals surface area contributed by atoms with Crippen LogP contribution in [0.5, 0.6) is 5.75 Å². The molecule has 1 saturated heterocycles. The topological polar surface area (TPSA) is 159 Å². The zero-order valence-electron chi connectivity index (χ0n) is 23.0. The Morgan fingerprint density at radius 1 is 1.34 bits per heavy atom. The summed E-state index contributed by atoms with van der Waals surface area (Å²) >= 11 is 5.57. The molecule has 13 nitrogen and oxygen atoms in total. The summed E-state index contributed by atoms with van der Waals surface area (Å²) in [6, 6.07) is 7.27. The number of carbonyl (C=O) groups excluding carboxylic acids is 1. The zero-order valence-corrected chi connectivity index (χ0v) is 24.7. The number of imidazole rings is 1. The number of nitrogens with one attached hydrogen (secondary N) is 1. The summed E-state index contributed by atoms with van der Waals surface area (Å²) in [4.78, 5) is 26.4. The summed E-state index contributed by atoms with van der Waals surface area (Å²) in [6.45, 7) is -0.563. The summed E-state index contributed by atoms with van der Waals surface area (Å²) in [5.74, 6) is -3.26. The van der Waals surface area contributed by atoms with Gasteiger partial charge < -0.3 is 34.3 Å². The molecule has 1 unspecified atom stereocenters. The lowest BCUT2D eigenvalue weighted by Crippen LogP contribution is -2.47. The van der Waals surface area contributed by atoms with E-state index in [2.05, 4.69) is 20.0 Å². The minimum absolute atomic E-state index is 0.0647. The fourth-order valence-corrected chi connectivity index (χ4v) is 6.60. The number of aliphatic hydroxyl groups excluding tert-OH is 1. The highest BCUT2D eigenvalue weighted by molar-refractivity contribution is 8.09. The van der Waals surface area contributed by atoms with Gasteiger partial charge in [-0.1, -0.05) is 18.2 Å². The van der Waals surface area contributed by atoms with E-state index in [1.807, 2.05) is 0 Å². The Hall–Kier alpha value is -3.01. The standard InChI is InChI=1S/C24H32F2N7O6PS/c1-6-36-19(34)14(2)31-40(41,39-15-10-8-7-9-11-15)37-12-24(26)20(35)23(3,25)21(38-24)33-13-28-16-17(32(4)5)29-22(27)30-18(16)33/h7-11,13-14,20-21,35H,6,12H2,1-5H3,(H,31,41)(H2,27,29,30)/t14-,20+,21-,23-,24-,40?/m1/s1. The number of halogens is 2. The van der Waals surface area contributed by atoms with Gasteiger partial charge in [-0.15, -0.1) is 0 Å². The van der Waals surface area contributed by atoms with Crippen molar-refractivity contribution in [3.8, 4) is 5.75 Å². The Kier molecular flexibility index (Phi) is 8.83. The van der Waals surface area contributed by atoms with Crippen molar-refractivity contribution in [2.24, 2.45) is 0 Å². The maximum atomic E-state index is 16.3. The van der Waals surface area contributed by atoms with E-state index in [1.54, 1.807) is 56.3 Å². The molecule has 0 radical (unpaired) electrons. The van der Waals surface area contributed by atoms with E-state index in [9.17, 15) is 9.90 Å². The van der Waals surface area contributed by atoms with E-state index in [4.69, 9.17) is 36.1 Å². The van der Waals surface area contributed by atoms with E-state index in [1.165, 1.54) is 13.3 Å². The van der Waals surface area contributed by atoms with E-state index in [0.717, 1.165) is 11.5 Å². The number of carbonyl (C=O) groups is 1. The molecule has 4 N–H and O–H groups in total. The first-order valence-corrected chi connectivity index (χ1v) is 15.2. The SMILES string of the molecule is CCOC(=O)[C@@H](C)NP(=S)(OC[C@@]1(F)O[C@@H](n2cnc3c(N(C)C)nc(N)nc32)[C@](C)(F)[C@@H]1O)Oc1ccccc1. The van der Waals surface area contributed by atoms with Gasteiger partial charge in [-0.2, -0.15) is 9.97 Å². The maximum absolute atomic E-state index is 16.3. The number of nitrogen functional groups attached to an aromatic ring is 1. The second-order valence-corrected chi connectivity index (χ2v) is 12.8. The number of aromatic nitrogens is 4. The summed E-state index contributed by atoms with van der Waals surface area (Å²) in [6.07, 6.45) is -2.88. The quantitative estimate of drug-likeness (QED) is 0.214. The molecular weight excluding hydrogens is 583 g/mol. The normalized spacial score (nSPS) is 26.4. The molecule has 3 heterocycles. The number of esters is 1. The van der Waals surface area contributed by atoms with Crippen LogP contribution in [0.25, 0.3) is 11.2 Å². The molecule has 1 aromatic carbocycles. The van der Waals surface area contributed by atoms with Crippen LogP contribution in [-0.4, -0.2) is 81.6 Å². The van der Waals surface area contributed by atoms with Crippen LogP contribution in [0.15, 0.2) is 36.7 Å². The summed E-state index contributed by atoms with van der Waals surface area (Å²) < 4.78 is 55.5. The highest BCUT2D eigenvalue weighted by Crippen LogP contribution is 2.52. The number of benzene rings is 1. The van der Waals surface area contributed by atoms with Crippen LogP contribution in [0.4, 0.5) is 20.5 Å². The van der Waals surface area contributed by atoms with Gasteiger partial charge >= 0.3 is 12.6 Å². The molecule has 0 spiro atoms. The molecule has 6 atom stereocenters. The van der Waals surface area contributed by atoms with Crippen LogP contribution in [0.3, 0.4) is 0 Å². The molecule has 0 aliphatic carbocycles. The molecule has 17 heteroatoms. The van der Waals surface area contributed by atoms with E-state index >= 15 is 8.78 Å². The van der Waals surface area contributed by atoms with Crippen LogP contribution in [0, 0.1) is 0 Å². The molecule has 1 fully saturated rings. The van der Waals surface area contributed by atoms with Crippen molar-refractivity contribution in [3.63, 3.8) is 0 Å².